The Morgan fingerprint density at radius 1 is 1.15 bits per heavy atom. The van der Waals surface area contributed by atoms with Crippen molar-refractivity contribution in [3.63, 3.8) is 0 Å². The van der Waals surface area contributed by atoms with Crippen molar-refractivity contribution in [3.05, 3.63) is 0 Å². The van der Waals surface area contributed by atoms with Crippen molar-refractivity contribution in [1.82, 2.24) is 0 Å². The highest BCUT2D eigenvalue weighted by atomic mass is 16.8. The van der Waals surface area contributed by atoms with Gasteiger partial charge in [-0.2, -0.15) is 0 Å². The second-order valence-corrected chi connectivity index (χ2v) is 3.97. The van der Waals surface area contributed by atoms with Crippen LogP contribution in [0.5, 0.6) is 0 Å². The molecule has 0 aromatic rings. The number of hydrogen-bond acceptors (Lipinski definition) is 3. The molecule has 0 aromatic heterocycles. The molecule has 2 aliphatic rings. The molecule has 0 bridgehead atoms. The third-order valence-electron chi connectivity index (χ3n) is 2.91. The minimum absolute atomic E-state index is 0.344. The fourth-order valence-corrected chi connectivity index (χ4v) is 2.04. The van der Waals surface area contributed by atoms with E-state index in [1.54, 1.807) is 0 Å². The fraction of sp³-hybridized carbons (Fsp3) is 1.00. The molecule has 2 unspecified atom stereocenters. The van der Waals surface area contributed by atoms with Crippen LogP contribution in [0.1, 0.15) is 32.6 Å². The first kappa shape index (κ1) is 9.50. The van der Waals surface area contributed by atoms with Gasteiger partial charge in [0.25, 0.3) is 0 Å². The highest BCUT2D eigenvalue weighted by Gasteiger charge is 2.33. The van der Waals surface area contributed by atoms with E-state index in [1.165, 1.54) is 19.3 Å². The van der Waals surface area contributed by atoms with Gasteiger partial charge in [0.2, 0.25) is 0 Å². The molecule has 0 N–H and O–H groups in total. The molecule has 3 nitrogen and oxygen atoms in total. The first-order chi connectivity index (χ1) is 6.36. The van der Waals surface area contributed by atoms with Gasteiger partial charge in [-0.3, -0.25) is 0 Å². The Kier molecular flexibility index (Phi) is 3.25. The Balaban J connectivity index is 1.78. The maximum Gasteiger partial charge on any atom is 0.639 e. The molecule has 2 atom stereocenters. The zero-order valence-electron chi connectivity index (χ0n) is 8.20. The summed E-state index contributed by atoms with van der Waals surface area (Å²) in [5.41, 5.74) is 0. The summed E-state index contributed by atoms with van der Waals surface area (Å²) in [6, 6.07) is 0. The van der Waals surface area contributed by atoms with Crippen LogP contribution >= 0.6 is 0 Å². The number of hydrogen-bond donors (Lipinski definition) is 0. The summed E-state index contributed by atoms with van der Waals surface area (Å²) < 4.78 is 16.2. The highest BCUT2D eigenvalue weighted by molar-refractivity contribution is 6.37. The lowest BCUT2D eigenvalue weighted by Crippen LogP contribution is -2.33. The van der Waals surface area contributed by atoms with E-state index in [0.29, 0.717) is 25.2 Å². The van der Waals surface area contributed by atoms with Crippen LogP contribution in [0.15, 0.2) is 0 Å². The average molecular weight is 184 g/mol. The van der Waals surface area contributed by atoms with E-state index in [2.05, 4.69) is 6.92 Å². The van der Waals surface area contributed by atoms with Gasteiger partial charge in [-0.05, 0) is 18.8 Å². The van der Waals surface area contributed by atoms with Crippen molar-refractivity contribution in [2.24, 2.45) is 5.92 Å². The van der Waals surface area contributed by atoms with Crippen LogP contribution in [0, 0.1) is 5.92 Å². The van der Waals surface area contributed by atoms with Crippen LogP contribution in [0.25, 0.3) is 0 Å². The maximum absolute atomic E-state index is 5.72. The van der Waals surface area contributed by atoms with Gasteiger partial charge < -0.3 is 14.0 Å². The Morgan fingerprint density at radius 3 is 2.54 bits per heavy atom. The summed E-state index contributed by atoms with van der Waals surface area (Å²) in [4.78, 5) is 0. The van der Waals surface area contributed by atoms with Gasteiger partial charge in [-0.15, -0.1) is 0 Å². The summed E-state index contributed by atoms with van der Waals surface area (Å²) in [5, 5.41) is 0. The van der Waals surface area contributed by atoms with Gasteiger partial charge >= 0.3 is 7.32 Å². The predicted octanol–water partition coefficient (Wildman–Crippen LogP) is 1.61. The molecule has 0 aromatic carbocycles. The lowest BCUT2D eigenvalue weighted by atomic mass is 9.87. The summed E-state index contributed by atoms with van der Waals surface area (Å²) in [5.74, 6) is 0.654. The Hall–Kier alpha value is -0.0551. The minimum Gasteiger partial charge on any atom is -0.384 e. The van der Waals surface area contributed by atoms with E-state index in [1.807, 2.05) is 0 Å². The van der Waals surface area contributed by atoms with Gasteiger partial charge in [-0.25, -0.2) is 0 Å². The molecule has 74 valence electrons. The van der Waals surface area contributed by atoms with Gasteiger partial charge in [0.05, 0.1) is 13.2 Å². The largest absolute Gasteiger partial charge is 0.639 e. The molecule has 0 spiro atoms. The third-order valence-corrected chi connectivity index (χ3v) is 2.91. The monoisotopic (exact) mass is 184 g/mol. The van der Waals surface area contributed by atoms with Crippen LogP contribution in [-0.4, -0.2) is 26.6 Å². The molecule has 2 rings (SSSR count). The van der Waals surface area contributed by atoms with E-state index in [0.717, 1.165) is 6.42 Å². The Bertz CT molecular complexity index is 159. The number of rotatable bonds is 2. The van der Waals surface area contributed by atoms with E-state index >= 15 is 0 Å². The van der Waals surface area contributed by atoms with E-state index in [-0.39, 0.29) is 7.32 Å². The van der Waals surface area contributed by atoms with E-state index in [9.17, 15) is 0 Å². The highest BCUT2D eigenvalue weighted by Crippen LogP contribution is 2.27. The van der Waals surface area contributed by atoms with Crippen LogP contribution in [-0.2, 0) is 14.0 Å². The molecule has 0 radical (unpaired) electrons. The zero-order chi connectivity index (χ0) is 9.10. The smallest absolute Gasteiger partial charge is 0.384 e. The predicted molar refractivity (Wildman–Crippen MR) is 50.2 cm³/mol. The van der Waals surface area contributed by atoms with Gasteiger partial charge in [0.1, 0.15) is 0 Å². The molecule has 2 fully saturated rings. The second kappa shape index (κ2) is 4.44. The van der Waals surface area contributed by atoms with Crippen LogP contribution in [0.4, 0.5) is 0 Å². The normalized spacial score (nSPS) is 35.3. The lowest BCUT2D eigenvalue weighted by Gasteiger charge is -2.29. The molecule has 13 heavy (non-hydrogen) atoms. The van der Waals surface area contributed by atoms with Crippen molar-refractivity contribution in [1.29, 1.82) is 0 Å². The maximum atomic E-state index is 5.72. The SMILES string of the molecule is CC1CCCCC1OB1OCCO1. The molecule has 0 amide bonds. The van der Waals surface area contributed by atoms with Crippen LogP contribution < -0.4 is 0 Å². The minimum atomic E-state index is -0.384. The summed E-state index contributed by atoms with van der Waals surface area (Å²) >= 11 is 0. The topological polar surface area (TPSA) is 27.7 Å². The molecule has 1 saturated heterocycles. The van der Waals surface area contributed by atoms with Crippen molar-refractivity contribution < 1.29 is 14.0 Å². The van der Waals surface area contributed by atoms with Gasteiger partial charge in [0.15, 0.2) is 0 Å². The van der Waals surface area contributed by atoms with Crippen LogP contribution in [0.3, 0.4) is 0 Å². The van der Waals surface area contributed by atoms with Crippen molar-refractivity contribution in [3.8, 4) is 0 Å². The molecule has 1 aliphatic carbocycles. The zero-order valence-corrected chi connectivity index (χ0v) is 8.20. The third kappa shape index (κ3) is 2.45. The van der Waals surface area contributed by atoms with Crippen molar-refractivity contribution in [2.75, 3.05) is 13.2 Å². The molecular formula is C9H17BO3. The average Bonchev–Trinajstić information content (AvgIpc) is 2.61. The van der Waals surface area contributed by atoms with Crippen molar-refractivity contribution >= 4 is 7.32 Å². The Labute approximate surface area is 79.9 Å². The summed E-state index contributed by atoms with van der Waals surface area (Å²) in [7, 11) is -0.384. The van der Waals surface area contributed by atoms with Gasteiger partial charge in [-0.1, -0.05) is 19.8 Å². The first-order valence-electron chi connectivity index (χ1n) is 5.25. The molecular weight excluding hydrogens is 167 g/mol. The Morgan fingerprint density at radius 2 is 1.85 bits per heavy atom. The first-order valence-corrected chi connectivity index (χ1v) is 5.25. The molecule has 1 saturated carbocycles. The van der Waals surface area contributed by atoms with E-state index in [4.69, 9.17) is 14.0 Å². The van der Waals surface area contributed by atoms with Crippen molar-refractivity contribution in [2.45, 2.75) is 38.7 Å². The van der Waals surface area contributed by atoms with Gasteiger partial charge in [0, 0.05) is 6.10 Å². The lowest BCUT2D eigenvalue weighted by molar-refractivity contribution is 0.0518. The molecule has 1 heterocycles. The van der Waals surface area contributed by atoms with E-state index < -0.39 is 0 Å². The quantitative estimate of drug-likeness (QED) is 0.610. The summed E-state index contributed by atoms with van der Waals surface area (Å²) in [6.07, 6.45) is 5.40. The fourth-order valence-electron chi connectivity index (χ4n) is 2.04. The second-order valence-electron chi connectivity index (χ2n) is 3.97. The molecule has 4 heteroatoms. The summed E-state index contributed by atoms with van der Waals surface area (Å²) in [6.45, 7) is 3.59. The standard InChI is InChI=1S/C9H17BO3/c1-8-4-2-3-5-9(8)13-10-11-6-7-12-10/h8-9H,2-7H2,1H3. The molecule has 1 aliphatic heterocycles. The van der Waals surface area contributed by atoms with Crippen LogP contribution in [0.2, 0.25) is 0 Å².